The second-order valence-corrected chi connectivity index (χ2v) is 6.37. The molecule has 6 nitrogen and oxygen atoms in total. The molecule has 1 unspecified atom stereocenters. The first-order valence-corrected chi connectivity index (χ1v) is 10.0. The standard InChI is InChI=1S/C21H37N3O3.HI/c1-5-7-13-26-15-16-27-14-12-23-21(22-6-2)24-17-18(3)19-10-8-9-11-20(19)25-4;/h8-11,18H,5-7,12-17H2,1-4H3,(H2,22,23,24);1H. The summed E-state index contributed by atoms with van der Waals surface area (Å²) < 4.78 is 16.5. The maximum Gasteiger partial charge on any atom is 0.191 e. The number of methoxy groups -OCH3 is 1. The third-order valence-corrected chi connectivity index (χ3v) is 4.09. The van der Waals surface area contributed by atoms with Gasteiger partial charge in [-0.1, -0.05) is 38.5 Å². The van der Waals surface area contributed by atoms with E-state index in [0.29, 0.717) is 32.9 Å². The quantitative estimate of drug-likeness (QED) is 0.174. The van der Waals surface area contributed by atoms with E-state index in [2.05, 4.69) is 37.5 Å². The maximum atomic E-state index is 5.58. The summed E-state index contributed by atoms with van der Waals surface area (Å²) in [6, 6.07) is 8.10. The normalized spacial score (nSPS) is 12.2. The molecule has 0 spiro atoms. The molecular formula is C21H38IN3O3. The highest BCUT2D eigenvalue weighted by molar-refractivity contribution is 14.0. The molecular weight excluding hydrogens is 469 g/mol. The van der Waals surface area contributed by atoms with Gasteiger partial charge in [-0.05, 0) is 25.0 Å². The van der Waals surface area contributed by atoms with Crippen LogP contribution in [0.4, 0.5) is 0 Å². The zero-order valence-corrected chi connectivity index (χ0v) is 20.2. The van der Waals surface area contributed by atoms with Crippen molar-refractivity contribution in [3.63, 3.8) is 0 Å². The van der Waals surface area contributed by atoms with Gasteiger partial charge in [-0.3, -0.25) is 4.99 Å². The summed E-state index contributed by atoms with van der Waals surface area (Å²) in [7, 11) is 1.70. The number of halogens is 1. The fourth-order valence-corrected chi connectivity index (χ4v) is 2.55. The van der Waals surface area contributed by atoms with Crippen molar-refractivity contribution in [2.75, 3.05) is 53.2 Å². The lowest BCUT2D eigenvalue weighted by Gasteiger charge is -2.16. The summed E-state index contributed by atoms with van der Waals surface area (Å²) in [5, 5.41) is 6.58. The number of nitrogens with zero attached hydrogens (tertiary/aromatic N) is 1. The minimum absolute atomic E-state index is 0. The first kappa shape index (κ1) is 26.9. The van der Waals surface area contributed by atoms with Crippen molar-refractivity contribution in [2.24, 2.45) is 4.99 Å². The van der Waals surface area contributed by atoms with Crippen molar-refractivity contribution in [3.8, 4) is 5.75 Å². The van der Waals surface area contributed by atoms with E-state index in [9.17, 15) is 0 Å². The molecule has 2 N–H and O–H groups in total. The van der Waals surface area contributed by atoms with Gasteiger partial charge in [-0.2, -0.15) is 0 Å². The smallest absolute Gasteiger partial charge is 0.191 e. The van der Waals surface area contributed by atoms with Gasteiger partial charge in [-0.25, -0.2) is 0 Å². The van der Waals surface area contributed by atoms with Gasteiger partial charge >= 0.3 is 0 Å². The largest absolute Gasteiger partial charge is 0.496 e. The Morgan fingerprint density at radius 1 is 1.04 bits per heavy atom. The molecule has 0 aliphatic heterocycles. The highest BCUT2D eigenvalue weighted by Gasteiger charge is 2.10. The van der Waals surface area contributed by atoms with Crippen LogP contribution in [0, 0.1) is 0 Å². The fraction of sp³-hybridized carbons (Fsp3) is 0.667. The lowest BCUT2D eigenvalue weighted by Crippen LogP contribution is -2.39. The van der Waals surface area contributed by atoms with E-state index < -0.39 is 0 Å². The summed E-state index contributed by atoms with van der Waals surface area (Å²) in [4.78, 5) is 4.69. The molecule has 0 fully saturated rings. The number of para-hydroxylation sites is 1. The zero-order chi connectivity index (χ0) is 19.7. The Labute approximate surface area is 187 Å². The molecule has 0 heterocycles. The monoisotopic (exact) mass is 507 g/mol. The number of rotatable bonds is 14. The van der Waals surface area contributed by atoms with Gasteiger partial charge in [-0.15, -0.1) is 24.0 Å². The molecule has 162 valence electrons. The van der Waals surface area contributed by atoms with Crippen LogP contribution in [0.2, 0.25) is 0 Å². The van der Waals surface area contributed by atoms with Crippen molar-refractivity contribution in [1.82, 2.24) is 10.6 Å². The molecule has 1 atom stereocenters. The van der Waals surface area contributed by atoms with Crippen molar-refractivity contribution < 1.29 is 14.2 Å². The highest BCUT2D eigenvalue weighted by atomic mass is 127. The zero-order valence-electron chi connectivity index (χ0n) is 17.8. The molecule has 0 saturated carbocycles. The summed E-state index contributed by atoms with van der Waals surface area (Å²) in [5.41, 5.74) is 1.17. The number of hydrogen-bond donors (Lipinski definition) is 2. The second-order valence-electron chi connectivity index (χ2n) is 6.37. The average Bonchev–Trinajstić information content (AvgIpc) is 2.70. The molecule has 1 aromatic rings. The Hall–Kier alpha value is -1.06. The Morgan fingerprint density at radius 2 is 1.75 bits per heavy atom. The number of guanidine groups is 1. The number of nitrogens with one attached hydrogen (secondary N) is 2. The van der Waals surface area contributed by atoms with E-state index in [1.165, 1.54) is 5.56 Å². The molecule has 7 heteroatoms. The van der Waals surface area contributed by atoms with Gasteiger partial charge in [0.05, 0.1) is 26.9 Å². The molecule has 0 aliphatic rings. The van der Waals surface area contributed by atoms with Crippen molar-refractivity contribution in [2.45, 2.75) is 39.5 Å². The molecule has 1 rings (SSSR count). The van der Waals surface area contributed by atoms with Gasteiger partial charge in [0, 0.05) is 32.2 Å². The average molecular weight is 507 g/mol. The topological polar surface area (TPSA) is 64.1 Å². The van der Waals surface area contributed by atoms with Crippen LogP contribution in [0.15, 0.2) is 29.3 Å². The minimum atomic E-state index is 0. The van der Waals surface area contributed by atoms with E-state index in [1.54, 1.807) is 7.11 Å². The molecule has 1 aromatic carbocycles. The summed E-state index contributed by atoms with van der Waals surface area (Å²) in [5.74, 6) is 1.99. The van der Waals surface area contributed by atoms with E-state index in [4.69, 9.17) is 19.2 Å². The van der Waals surface area contributed by atoms with Crippen LogP contribution in [0.3, 0.4) is 0 Å². The Morgan fingerprint density at radius 3 is 2.43 bits per heavy atom. The third-order valence-electron chi connectivity index (χ3n) is 4.09. The highest BCUT2D eigenvalue weighted by Crippen LogP contribution is 2.26. The van der Waals surface area contributed by atoms with Crippen LogP contribution in [-0.4, -0.2) is 59.1 Å². The van der Waals surface area contributed by atoms with Crippen LogP contribution < -0.4 is 15.4 Å². The van der Waals surface area contributed by atoms with Gasteiger partial charge < -0.3 is 24.8 Å². The first-order chi connectivity index (χ1) is 13.2. The van der Waals surface area contributed by atoms with Crippen molar-refractivity contribution >= 4 is 29.9 Å². The van der Waals surface area contributed by atoms with Crippen LogP contribution >= 0.6 is 24.0 Å². The molecule has 0 bridgehead atoms. The van der Waals surface area contributed by atoms with Crippen LogP contribution in [0.1, 0.15) is 45.1 Å². The number of aliphatic imine (C=N–C) groups is 1. The number of benzene rings is 1. The number of hydrogen-bond acceptors (Lipinski definition) is 4. The molecule has 0 aromatic heterocycles. The number of unbranched alkanes of at least 4 members (excludes halogenated alkanes) is 1. The Kier molecular flexibility index (Phi) is 17.3. The van der Waals surface area contributed by atoms with Crippen LogP contribution in [0.25, 0.3) is 0 Å². The summed E-state index contributed by atoms with van der Waals surface area (Å²) in [6.07, 6.45) is 2.27. The summed E-state index contributed by atoms with van der Waals surface area (Å²) in [6.45, 7) is 11.3. The van der Waals surface area contributed by atoms with Gasteiger partial charge in [0.25, 0.3) is 0 Å². The molecule has 0 amide bonds. The molecule has 0 saturated heterocycles. The van der Waals surface area contributed by atoms with E-state index in [1.807, 2.05) is 18.2 Å². The van der Waals surface area contributed by atoms with Gasteiger partial charge in [0.2, 0.25) is 0 Å². The van der Waals surface area contributed by atoms with E-state index in [-0.39, 0.29) is 29.9 Å². The SMILES string of the molecule is CCCCOCCOCCNC(=NCC(C)c1ccccc1OC)NCC.I. The van der Waals surface area contributed by atoms with E-state index >= 15 is 0 Å². The number of ether oxygens (including phenoxy) is 3. The van der Waals surface area contributed by atoms with Crippen molar-refractivity contribution in [3.05, 3.63) is 29.8 Å². The van der Waals surface area contributed by atoms with Crippen LogP contribution in [0.5, 0.6) is 5.75 Å². The lowest BCUT2D eigenvalue weighted by atomic mass is 10.0. The minimum Gasteiger partial charge on any atom is -0.496 e. The summed E-state index contributed by atoms with van der Waals surface area (Å²) >= 11 is 0. The second kappa shape index (κ2) is 18.0. The van der Waals surface area contributed by atoms with Crippen molar-refractivity contribution in [1.29, 1.82) is 0 Å². The maximum absolute atomic E-state index is 5.58. The predicted molar refractivity (Wildman–Crippen MR) is 127 cm³/mol. The van der Waals surface area contributed by atoms with Gasteiger partial charge in [0.15, 0.2) is 5.96 Å². The van der Waals surface area contributed by atoms with Gasteiger partial charge in [0.1, 0.15) is 5.75 Å². The molecule has 0 aliphatic carbocycles. The van der Waals surface area contributed by atoms with E-state index in [0.717, 1.165) is 37.7 Å². The Balaban J connectivity index is 0.00000729. The van der Waals surface area contributed by atoms with Crippen LogP contribution in [-0.2, 0) is 9.47 Å². The fourth-order valence-electron chi connectivity index (χ4n) is 2.55. The molecule has 28 heavy (non-hydrogen) atoms. The third kappa shape index (κ3) is 11.7. The predicted octanol–water partition coefficient (Wildman–Crippen LogP) is 3.81. The first-order valence-electron chi connectivity index (χ1n) is 10.0. The molecule has 0 radical (unpaired) electrons. The lowest BCUT2D eigenvalue weighted by molar-refractivity contribution is 0.0487. The Bertz CT molecular complexity index is 529.